The highest BCUT2D eigenvalue weighted by Crippen LogP contribution is 2.58. The molecule has 17 aromatic carbocycles. The highest BCUT2D eigenvalue weighted by molar-refractivity contribution is 7.26. The minimum absolute atomic E-state index is 0.236. The van der Waals surface area contributed by atoms with Crippen LogP contribution in [0.2, 0.25) is 0 Å². The van der Waals surface area contributed by atoms with Crippen LogP contribution in [-0.4, -0.2) is 29.9 Å². The second kappa shape index (κ2) is 30.8. The molecule has 0 spiro atoms. The highest BCUT2D eigenvalue weighted by Gasteiger charge is 2.41. The first-order chi connectivity index (χ1) is 63.6. The van der Waals surface area contributed by atoms with Crippen molar-refractivity contribution in [3.8, 4) is 136 Å². The lowest BCUT2D eigenvalue weighted by atomic mass is 9.75. The van der Waals surface area contributed by atoms with E-state index < -0.39 is 0 Å². The molecule has 23 aromatic rings. The van der Waals surface area contributed by atoms with Gasteiger partial charge in [-0.25, -0.2) is 29.9 Å². The van der Waals surface area contributed by atoms with Gasteiger partial charge in [-0.15, -0.1) is 22.7 Å². The molecule has 0 amide bonds. The smallest absolute Gasteiger partial charge is 0.178 e. The lowest BCUT2D eigenvalue weighted by Crippen LogP contribution is -2.24. The Hall–Kier alpha value is -15.8. The normalized spacial score (nSPS) is 13.5. The minimum atomic E-state index is -0.364. The summed E-state index contributed by atoms with van der Waals surface area (Å²) in [4.78, 5) is 30.0. The number of nitrogens with zero attached hydrogens (tertiary/aromatic N) is 6. The summed E-state index contributed by atoms with van der Waals surface area (Å²) in [5.41, 5.74) is 21.9. The van der Waals surface area contributed by atoms with Gasteiger partial charge in [0, 0.05) is 140 Å². The monoisotopic (exact) mass is 1710 g/mol. The van der Waals surface area contributed by atoms with Crippen molar-refractivity contribution < 1.29 is 23.0 Å². The van der Waals surface area contributed by atoms with E-state index in [0.717, 1.165) is 145 Å². The summed E-state index contributed by atoms with van der Waals surface area (Å²) < 4.78 is 37.7. The number of benzene rings is 17. The van der Waals surface area contributed by atoms with Crippen LogP contribution in [0.3, 0.4) is 0 Å². The number of aromatic nitrogens is 6. The summed E-state index contributed by atoms with van der Waals surface area (Å²) in [6.07, 6.45) is 0. The average molecular weight is 1710 g/mol. The number of thiophene rings is 2. The van der Waals surface area contributed by atoms with Crippen molar-refractivity contribution in [3.63, 3.8) is 0 Å². The standard InChI is InChI=1S/C42H29N3O2.C42H29N3OS.C33H22O2S/c1-42(2)33-23-22-32-31-15-9-10-16-35(31)46-37(32)38(33)47-36-24-21-30(25-34(36)42)41-44-39(28-13-7-4-8-14-28)43-40(45-41)29-19-17-27(18-20-29)26-11-5-3-6-12-26;1-42(2)33-23-22-32-31-15-9-10-16-36(31)47-38(32)37(33)46-35-24-21-30(25-34(35)42)41-44-39(28-13-7-4-8-14-28)43-40(45-41)29-19-17-27(18-20-29)26-11-5-3-6-12-26;1-33(2)25-16-15-23-21-8-3-5-12-27(21)34-30(23)31(25)35-28-17-14-19(18-26(28)33)20-10-7-11-24-22-9-4-6-13-29(22)36-32(20)24/h2*3-25H,1-2H3;3-18H,1-2H3. The van der Waals surface area contributed by atoms with Crippen molar-refractivity contribution in [2.45, 2.75) is 57.8 Å². The van der Waals surface area contributed by atoms with E-state index in [-0.39, 0.29) is 16.2 Å². The quantitative estimate of drug-likeness (QED) is 0.137. The largest absolute Gasteiger partial charge is 0.455 e. The lowest BCUT2D eigenvalue weighted by Gasteiger charge is -2.35. The molecule has 0 N–H and O–H groups in total. The van der Waals surface area contributed by atoms with E-state index in [1.807, 2.05) is 127 Å². The van der Waals surface area contributed by atoms with Crippen molar-refractivity contribution in [1.29, 1.82) is 0 Å². The van der Waals surface area contributed by atoms with Crippen LogP contribution >= 0.6 is 22.7 Å². The first-order valence-electron chi connectivity index (χ1n) is 43.8. The molecule has 0 saturated carbocycles. The fourth-order valence-corrected chi connectivity index (χ4v) is 21.6. The molecule has 9 heterocycles. The van der Waals surface area contributed by atoms with Gasteiger partial charge in [-0.1, -0.05) is 333 Å². The predicted molar refractivity (Wildman–Crippen MR) is 531 cm³/mol. The van der Waals surface area contributed by atoms with E-state index in [4.69, 9.17) is 52.9 Å². The molecule has 6 aromatic heterocycles. The topological polar surface area (TPSA) is 131 Å². The van der Waals surface area contributed by atoms with Gasteiger partial charge in [-0.2, -0.15) is 0 Å². The molecule has 0 atom stereocenters. The van der Waals surface area contributed by atoms with Crippen molar-refractivity contribution in [2.24, 2.45) is 0 Å². The van der Waals surface area contributed by atoms with Gasteiger partial charge in [0.25, 0.3) is 0 Å². The zero-order chi connectivity index (χ0) is 87.1. The maximum Gasteiger partial charge on any atom is 0.178 e. The van der Waals surface area contributed by atoms with Crippen LogP contribution in [0.4, 0.5) is 0 Å². The molecule has 3 aliphatic rings. The van der Waals surface area contributed by atoms with Crippen molar-refractivity contribution in [3.05, 3.63) is 409 Å². The number of rotatable bonds is 9. The van der Waals surface area contributed by atoms with E-state index in [0.29, 0.717) is 34.9 Å². The molecule has 620 valence electrons. The van der Waals surface area contributed by atoms with Crippen LogP contribution in [0, 0.1) is 0 Å². The molecular formula is C117H80N6O5S2. The van der Waals surface area contributed by atoms with Crippen LogP contribution in [-0.2, 0) is 16.2 Å². The van der Waals surface area contributed by atoms with Crippen LogP contribution in [0.5, 0.6) is 34.5 Å². The molecule has 3 aliphatic heterocycles. The summed E-state index contributed by atoms with van der Waals surface area (Å²) in [6.45, 7) is 13.6. The summed E-state index contributed by atoms with van der Waals surface area (Å²) >= 11 is 3.67. The Kier molecular flexibility index (Phi) is 18.4. The third-order valence-electron chi connectivity index (χ3n) is 26.2. The van der Waals surface area contributed by atoms with Gasteiger partial charge in [-0.05, 0) is 118 Å². The maximum absolute atomic E-state index is 6.74. The van der Waals surface area contributed by atoms with Gasteiger partial charge in [0.1, 0.15) is 34.2 Å². The third kappa shape index (κ3) is 13.2. The SMILES string of the molecule is CC1(C)c2cc(-c3cccc4c3sc3ccccc34)ccc2Oc2c1ccc1c2oc2ccccc21.CC1(C)c2cc(-c3nc(-c4ccccc4)nc(-c4ccc(-c5ccccc5)cc4)n3)ccc2Oc2c1ccc1c2oc2ccccc21.CC1(C)c2cc(-c3nc(-c4ccccc4)nc(-c4ccc(-c5ccccc5)cc4)n3)ccc2Oc2c1ccc1c2sc2ccccc21. The Balaban J connectivity index is 0.000000109. The number of fused-ring (bicyclic) bond motifs is 21. The van der Waals surface area contributed by atoms with E-state index in [1.165, 1.54) is 73.7 Å². The van der Waals surface area contributed by atoms with Crippen LogP contribution < -0.4 is 14.2 Å². The van der Waals surface area contributed by atoms with E-state index >= 15 is 0 Å². The molecule has 0 unspecified atom stereocenters. The third-order valence-corrected chi connectivity index (χ3v) is 28.6. The summed E-state index contributed by atoms with van der Waals surface area (Å²) in [6, 6.07) is 130. The second-order valence-electron chi connectivity index (χ2n) is 35.1. The maximum atomic E-state index is 6.74. The number of hydrogen-bond donors (Lipinski definition) is 0. The van der Waals surface area contributed by atoms with Gasteiger partial charge >= 0.3 is 0 Å². The Bertz CT molecular complexity index is 8120. The number of furan rings is 2. The van der Waals surface area contributed by atoms with E-state index in [2.05, 4.69) is 302 Å². The zero-order valence-corrected chi connectivity index (χ0v) is 73.5. The zero-order valence-electron chi connectivity index (χ0n) is 71.8. The van der Waals surface area contributed by atoms with Gasteiger partial charge in [0.05, 0.1) is 4.70 Å². The molecular weight excluding hydrogens is 1630 g/mol. The summed E-state index contributed by atoms with van der Waals surface area (Å²) in [5.74, 6) is 8.90. The molecule has 11 nitrogen and oxygen atoms in total. The predicted octanol–water partition coefficient (Wildman–Crippen LogP) is 32.3. The molecule has 130 heavy (non-hydrogen) atoms. The number of para-hydroxylation sites is 2. The fraction of sp³-hybridized carbons (Fsp3) is 0.0769. The van der Waals surface area contributed by atoms with Crippen LogP contribution in [0.15, 0.2) is 385 Å². The Morgan fingerprint density at radius 2 is 0.500 bits per heavy atom. The van der Waals surface area contributed by atoms with Crippen LogP contribution in [0.1, 0.15) is 74.9 Å². The summed E-state index contributed by atoms with van der Waals surface area (Å²) in [5, 5.41) is 9.51. The molecule has 26 rings (SSSR count). The molecule has 0 fully saturated rings. The van der Waals surface area contributed by atoms with Gasteiger partial charge < -0.3 is 23.0 Å². The first-order valence-corrected chi connectivity index (χ1v) is 45.5. The van der Waals surface area contributed by atoms with Crippen LogP contribution in [0.25, 0.3) is 186 Å². The fourth-order valence-electron chi connectivity index (χ4n) is 19.2. The van der Waals surface area contributed by atoms with E-state index in [1.54, 1.807) is 11.3 Å². The molecule has 13 heteroatoms. The number of hydrogen-bond acceptors (Lipinski definition) is 13. The number of ether oxygens (including phenoxy) is 3. The molecule has 0 saturated heterocycles. The van der Waals surface area contributed by atoms with Gasteiger partial charge in [0.2, 0.25) is 0 Å². The van der Waals surface area contributed by atoms with E-state index in [9.17, 15) is 0 Å². The Morgan fingerprint density at radius 3 is 0.931 bits per heavy atom. The van der Waals surface area contributed by atoms with Crippen molar-refractivity contribution in [2.75, 3.05) is 0 Å². The summed E-state index contributed by atoms with van der Waals surface area (Å²) in [7, 11) is 0. The van der Waals surface area contributed by atoms with Crippen molar-refractivity contribution in [1.82, 2.24) is 29.9 Å². The highest BCUT2D eigenvalue weighted by atomic mass is 32.1. The average Bonchev–Trinajstić information content (AvgIpc) is 1.31. The first kappa shape index (κ1) is 77.7. The molecule has 0 bridgehead atoms. The Labute approximate surface area is 757 Å². The lowest BCUT2D eigenvalue weighted by molar-refractivity contribution is 0.415. The Morgan fingerprint density at radius 1 is 0.208 bits per heavy atom. The van der Waals surface area contributed by atoms with Gasteiger partial charge in [-0.3, -0.25) is 0 Å². The van der Waals surface area contributed by atoms with Gasteiger partial charge in [0.15, 0.2) is 57.6 Å². The van der Waals surface area contributed by atoms with Crippen molar-refractivity contribution >= 4 is 107 Å². The molecule has 0 aliphatic carbocycles. The minimum Gasteiger partial charge on any atom is -0.455 e. The second-order valence-corrected chi connectivity index (χ2v) is 37.2. The molecule has 0 radical (unpaired) electrons.